The van der Waals surface area contributed by atoms with Crippen LogP contribution in [0.4, 0.5) is 5.69 Å². The number of aryl methyl sites for hydroxylation is 1. The van der Waals surface area contributed by atoms with Gasteiger partial charge in [0.1, 0.15) is 0 Å². The molecular formula is C13H17N3O4. The van der Waals surface area contributed by atoms with Crippen molar-refractivity contribution in [3.05, 3.63) is 39.4 Å². The summed E-state index contributed by atoms with van der Waals surface area (Å²) < 4.78 is 5.47. The lowest BCUT2D eigenvalue weighted by atomic mass is 10.1. The van der Waals surface area contributed by atoms with Crippen LogP contribution in [0.3, 0.4) is 0 Å². The molecule has 1 atom stereocenters. The van der Waals surface area contributed by atoms with Crippen LogP contribution in [-0.2, 0) is 4.74 Å². The number of morpholine rings is 1. The third-order valence-electron chi connectivity index (χ3n) is 3.15. The van der Waals surface area contributed by atoms with Crippen LogP contribution >= 0.6 is 0 Å². The molecular weight excluding hydrogens is 262 g/mol. The van der Waals surface area contributed by atoms with Gasteiger partial charge in [0.2, 0.25) is 0 Å². The van der Waals surface area contributed by atoms with Crippen LogP contribution in [0.25, 0.3) is 0 Å². The maximum Gasteiger partial charge on any atom is 0.272 e. The zero-order valence-corrected chi connectivity index (χ0v) is 11.2. The Morgan fingerprint density at radius 2 is 2.40 bits per heavy atom. The van der Waals surface area contributed by atoms with E-state index in [9.17, 15) is 14.9 Å². The highest BCUT2D eigenvalue weighted by atomic mass is 16.6. The lowest BCUT2D eigenvalue weighted by Gasteiger charge is -2.23. The average Bonchev–Trinajstić information content (AvgIpc) is 2.45. The maximum atomic E-state index is 12.0. The normalized spacial score (nSPS) is 18.6. The summed E-state index contributed by atoms with van der Waals surface area (Å²) in [5.41, 5.74) is 0.900. The Labute approximate surface area is 116 Å². The molecule has 1 saturated heterocycles. The molecule has 1 unspecified atom stereocenters. The van der Waals surface area contributed by atoms with Crippen molar-refractivity contribution in [2.24, 2.45) is 0 Å². The minimum atomic E-state index is -0.460. The Hall–Kier alpha value is -1.99. The van der Waals surface area contributed by atoms with Crippen molar-refractivity contribution in [3.63, 3.8) is 0 Å². The van der Waals surface area contributed by atoms with Gasteiger partial charge in [-0.3, -0.25) is 14.9 Å². The molecule has 0 saturated carbocycles. The number of amides is 1. The van der Waals surface area contributed by atoms with Crippen LogP contribution in [0.1, 0.15) is 15.9 Å². The molecule has 0 spiro atoms. The summed E-state index contributed by atoms with van der Waals surface area (Å²) in [7, 11) is 0. The molecule has 2 N–H and O–H groups in total. The number of carbonyl (C=O) groups is 1. The van der Waals surface area contributed by atoms with E-state index in [0.29, 0.717) is 30.8 Å². The third-order valence-corrected chi connectivity index (χ3v) is 3.15. The quantitative estimate of drug-likeness (QED) is 0.622. The minimum Gasteiger partial charge on any atom is -0.374 e. The predicted octanol–water partition coefficient (Wildman–Crippen LogP) is 0.621. The van der Waals surface area contributed by atoms with Crippen molar-refractivity contribution in [1.29, 1.82) is 0 Å². The number of nitrogens with zero attached hydrogens (tertiary/aromatic N) is 1. The van der Waals surface area contributed by atoms with Crippen molar-refractivity contribution >= 4 is 11.6 Å². The zero-order valence-electron chi connectivity index (χ0n) is 11.2. The molecule has 0 bridgehead atoms. The molecule has 1 fully saturated rings. The van der Waals surface area contributed by atoms with Gasteiger partial charge < -0.3 is 15.4 Å². The second kappa shape index (κ2) is 6.44. The molecule has 108 valence electrons. The maximum absolute atomic E-state index is 12.0. The molecule has 2 rings (SSSR count). The van der Waals surface area contributed by atoms with Crippen LogP contribution in [0.5, 0.6) is 0 Å². The predicted molar refractivity (Wildman–Crippen MR) is 72.8 cm³/mol. The summed E-state index contributed by atoms with van der Waals surface area (Å²) in [6, 6.07) is 4.33. The second-order valence-electron chi connectivity index (χ2n) is 4.67. The van der Waals surface area contributed by atoms with Crippen LogP contribution in [0.2, 0.25) is 0 Å². The number of hydrogen-bond donors (Lipinski definition) is 2. The van der Waals surface area contributed by atoms with E-state index < -0.39 is 4.92 Å². The molecule has 1 aliphatic rings. The number of carbonyl (C=O) groups excluding carboxylic acids is 1. The monoisotopic (exact) mass is 279 g/mol. The Bertz CT molecular complexity index is 512. The van der Waals surface area contributed by atoms with E-state index >= 15 is 0 Å². The van der Waals surface area contributed by atoms with E-state index in [1.165, 1.54) is 18.2 Å². The van der Waals surface area contributed by atoms with E-state index in [1.54, 1.807) is 6.92 Å². The summed E-state index contributed by atoms with van der Waals surface area (Å²) in [5.74, 6) is -0.253. The average molecular weight is 279 g/mol. The van der Waals surface area contributed by atoms with Gasteiger partial charge in [0.05, 0.1) is 17.6 Å². The molecule has 0 radical (unpaired) electrons. The standard InChI is InChI=1S/C13H17N3O4/c1-9-6-10(2-3-12(9)16(18)19)13(17)15-8-11-7-14-4-5-20-11/h2-3,6,11,14H,4-5,7-8H2,1H3,(H,15,17). The first-order chi connectivity index (χ1) is 9.58. The van der Waals surface area contributed by atoms with Crippen LogP contribution in [0, 0.1) is 17.0 Å². The van der Waals surface area contributed by atoms with Gasteiger partial charge in [0.25, 0.3) is 11.6 Å². The van der Waals surface area contributed by atoms with Crippen molar-refractivity contribution in [2.45, 2.75) is 13.0 Å². The Morgan fingerprint density at radius 1 is 1.60 bits per heavy atom. The molecule has 1 aromatic rings. The fourth-order valence-electron chi connectivity index (χ4n) is 2.06. The van der Waals surface area contributed by atoms with E-state index in [4.69, 9.17) is 4.74 Å². The molecule has 1 amide bonds. The fourth-order valence-corrected chi connectivity index (χ4v) is 2.06. The summed E-state index contributed by atoms with van der Waals surface area (Å²) in [6.07, 6.45) is -0.0353. The van der Waals surface area contributed by atoms with E-state index in [0.717, 1.165) is 6.54 Å². The number of nitro groups is 1. The number of ether oxygens (including phenoxy) is 1. The summed E-state index contributed by atoms with van der Waals surface area (Å²) in [6.45, 7) is 4.20. The largest absolute Gasteiger partial charge is 0.374 e. The van der Waals surface area contributed by atoms with Gasteiger partial charge in [-0.2, -0.15) is 0 Å². The number of rotatable bonds is 4. The zero-order chi connectivity index (χ0) is 14.5. The first-order valence-electron chi connectivity index (χ1n) is 6.43. The fraction of sp³-hybridized carbons (Fsp3) is 0.462. The van der Waals surface area contributed by atoms with Gasteiger partial charge in [-0.25, -0.2) is 0 Å². The first kappa shape index (κ1) is 14.4. The Kier molecular flexibility index (Phi) is 4.65. The smallest absolute Gasteiger partial charge is 0.272 e. The molecule has 1 heterocycles. The van der Waals surface area contributed by atoms with Crippen LogP contribution in [-0.4, -0.2) is 43.2 Å². The van der Waals surface area contributed by atoms with Crippen LogP contribution < -0.4 is 10.6 Å². The Morgan fingerprint density at radius 3 is 3.00 bits per heavy atom. The number of benzene rings is 1. The highest BCUT2D eigenvalue weighted by Gasteiger charge is 2.16. The van der Waals surface area contributed by atoms with Gasteiger partial charge in [0, 0.05) is 36.8 Å². The van der Waals surface area contributed by atoms with Gasteiger partial charge in [0.15, 0.2) is 0 Å². The highest BCUT2D eigenvalue weighted by molar-refractivity contribution is 5.94. The van der Waals surface area contributed by atoms with E-state index in [1.807, 2.05) is 0 Å². The second-order valence-corrected chi connectivity index (χ2v) is 4.67. The van der Waals surface area contributed by atoms with Gasteiger partial charge >= 0.3 is 0 Å². The van der Waals surface area contributed by atoms with Crippen molar-refractivity contribution in [3.8, 4) is 0 Å². The van der Waals surface area contributed by atoms with Crippen molar-refractivity contribution < 1.29 is 14.5 Å². The van der Waals surface area contributed by atoms with E-state index in [-0.39, 0.29) is 17.7 Å². The van der Waals surface area contributed by atoms with Gasteiger partial charge in [-0.05, 0) is 19.1 Å². The topological polar surface area (TPSA) is 93.5 Å². The highest BCUT2D eigenvalue weighted by Crippen LogP contribution is 2.18. The summed E-state index contributed by atoms with van der Waals surface area (Å²) in [5, 5.41) is 16.7. The Balaban J connectivity index is 1.95. The third kappa shape index (κ3) is 3.52. The molecule has 20 heavy (non-hydrogen) atoms. The van der Waals surface area contributed by atoms with E-state index in [2.05, 4.69) is 10.6 Å². The molecule has 7 nitrogen and oxygen atoms in total. The number of hydrogen-bond acceptors (Lipinski definition) is 5. The first-order valence-corrected chi connectivity index (χ1v) is 6.43. The molecule has 0 aromatic heterocycles. The lowest BCUT2D eigenvalue weighted by molar-refractivity contribution is -0.385. The molecule has 1 aromatic carbocycles. The van der Waals surface area contributed by atoms with Crippen LogP contribution in [0.15, 0.2) is 18.2 Å². The molecule has 0 aliphatic carbocycles. The van der Waals surface area contributed by atoms with Gasteiger partial charge in [-0.1, -0.05) is 0 Å². The lowest BCUT2D eigenvalue weighted by Crippen LogP contribution is -2.45. The van der Waals surface area contributed by atoms with Crippen molar-refractivity contribution in [1.82, 2.24) is 10.6 Å². The summed E-state index contributed by atoms with van der Waals surface area (Å²) in [4.78, 5) is 22.2. The molecule has 7 heteroatoms. The number of nitrogens with one attached hydrogen (secondary N) is 2. The molecule has 1 aliphatic heterocycles. The van der Waals surface area contributed by atoms with Gasteiger partial charge in [-0.15, -0.1) is 0 Å². The number of nitro benzene ring substituents is 1. The summed E-state index contributed by atoms with van der Waals surface area (Å²) >= 11 is 0. The SMILES string of the molecule is Cc1cc(C(=O)NCC2CNCCO2)ccc1[N+](=O)[O-]. The minimum absolute atomic E-state index is 0.0152. The van der Waals surface area contributed by atoms with Crippen molar-refractivity contribution in [2.75, 3.05) is 26.2 Å².